The van der Waals surface area contributed by atoms with E-state index >= 15 is 0 Å². The maximum Gasteiger partial charge on any atom is 0.408 e. The number of rotatable bonds is 4. The van der Waals surface area contributed by atoms with Crippen LogP contribution in [0.5, 0.6) is 0 Å². The molecule has 0 aromatic rings. The topological polar surface area (TPSA) is 64.6 Å². The monoisotopic (exact) mass is 325 g/mol. The van der Waals surface area contributed by atoms with Crippen molar-refractivity contribution in [2.75, 3.05) is 0 Å². The Kier molecular flexibility index (Phi) is 6.66. The summed E-state index contributed by atoms with van der Waals surface area (Å²) in [5.41, 5.74) is -1.07. The second-order valence-electron chi connectivity index (χ2n) is 8.11. The third-order valence-electron chi connectivity index (χ3n) is 3.44. The van der Waals surface area contributed by atoms with Gasteiger partial charge in [-0.05, 0) is 60.3 Å². The molecule has 0 aliphatic heterocycles. The average molecular weight is 325 g/mol. The molecule has 1 saturated carbocycles. The lowest BCUT2D eigenvalue weighted by Crippen LogP contribution is -2.41. The van der Waals surface area contributed by atoms with Crippen molar-refractivity contribution in [3.05, 3.63) is 12.2 Å². The Labute approximate surface area is 139 Å². The lowest BCUT2D eigenvalue weighted by molar-refractivity contribution is -0.148. The number of hydrogen-bond donors (Lipinski definition) is 1. The second-order valence-corrected chi connectivity index (χ2v) is 8.11. The molecule has 1 aliphatic rings. The van der Waals surface area contributed by atoms with E-state index in [-0.39, 0.29) is 6.04 Å². The fourth-order valence-corrected chi connectivity index (χ4v) is 2.60. The highest BCUT2D eigenvalue weighted by molar-refractivity contribution is 5.82. The SMILES string of the molecule is CC(C)(C)OC(=O)/C=C\C(NC(=O)OC(C)(C)C)C1CCCC1. The molecule has 0 saturated heterocycles. The molecule has 1 amide bonds. The van der Waals surface area contributed by atoms with Crippen molar-refractivity contribution < 1.29 is 19.1 Å². The maximum absolute atomic E-state index is 12.0. The number of carbonyl (C=O) groups excluding carboxylic acids is 2. The van der Waals surface area contributed by atoms with Gasteiger partial charge in [-0.2, -0.15) is 0 Å². The zero-order chi connectivity index (χ0) is 17.7. The van der Waals surface area contributed by atoms with Gasteiger partial charge in [0.25, 0.3) is 0 Å². The quantitative estimate of drug-likeness (QED) is 0.627. The van der Waals surface area contributed by atoms with Gasteiger partial charge < -0.3 is 14.8 Å². The van der Waals surface area contributed by atoms with Crippen LogP contribution >= 0.6 is 0 Å². The van der Waals surface area contributed by atoms with E-state index in [0.717, 1.165) is 25.7 Å². The second kappa shape index (κ2) is 7.84. The number of amides is 1. The Hall–Kier alpha value is -1.52. The predicted molar refractivity (Wildman–Crippen MR) is 90.1 cm³/mol. The predicted octanol–water partition coefficient (Wildman–Crippen LogP) is 3.97. The fourth-order valence-electron chi connectivity index (χ4n) is 2.60. The van der Waals surface area contributed by atoms with E-state index in [4.69, 9.17) is 9.47 Å². The highest BCUT2D eigenvalue weighted by Crippen LogP contribution is 2.28. The zero-order valence-electron chi connectivity index (χ0n) is 15.3. The number of hydrogen-bond acceptors (Lipinski definition) is 4. The molecule has 0 aromatic heterocycles. The molecule has 0 aromatic carbocycles. The van der Waals surface area contributed by atoms with E-state index in [1.807, 2.05) is 41.5 Å². The summed E-state index contributed by atoms with van der Waals surface area (Å²) in [6.07, 6.45) is 7.07. The summed E-state index contributed by atoms with van der Waals surface area (Å²) >= 11 is 0. The molecule has 1 N–H and O–H groups in total. The van der Waals surface area contributed by atoms with Gasteiger partial charge in [0.15, 0.2) is 0 Å². The molecule has 5 nitrogen and oxygen atoms in total. The van der Waals surface area contributed by atoms with E-state index in [2.05, 4.69) is 5.32 Å². The van der Waals surface area contributed by atoms with Crippen LogP contribution in [0, 0.1) is 5.92 Å². The van der Waals surface area contributed by atoms with Gasteiger partial charge in [-0.1, -0.05) is 18.9 Å². The summed E-state index contributed by atoms with van der Waals surface area (Å²) in [5.74, 6) is -0.0623. The van der Waals surface area contributed by atoms with Crippen molar-refractivity contribution in [1.29, 1.82) is 0 Å². The van der Waals surface area contributed by atoms with E-state index in [0.29, 0.717) is 5.92 Å². The molecule has 1 aliphatic carbocycles. The number of carbonyl (C=O) groups is 2. The summed E-state index contributed by atoms with van der Waals surface area (Å²) in [6, 6.07) is -0.208. The first-order valence-corrected chi connectivity index (χ1v) is 8.37. The van der Waals surface area contributed by atoms with E-state index in [1.165, 1.54) is 6.08 Å². The Morgan fingerprint density at radius 1 is 1.00 bits per heavy atom. The first kappa shape index (κ1) is 19.5. The summed E-state index contributed by atoms with van der Waals surface area (Å²) in [4.78, 5) is 23.9. The average Bonchev–Trinajstić information content (AvgIpc) is 2.83. The molecule has 0 radical (unpaired) electrons. The summed E-state index contributed by atoms with van der Waals surface area (Å²) in [5, 5.41) is 2.88. The lowest BCUT2D eigenvalue weighted by Gasteiger charge is -2.25. The molecule has 1 atom stereocenters. The van der Waals surface area contributed by atoms with Gasteiger partial charge in [0.2, 0.25) is 0 Å². The highest BCUT2D eigenvalue weighted by Gasteiger charge is 2.27. The molecular weight excluding hydrogens is 294 g/mol. The van der Waals surface area contributed by atoms with Crippen LogP contribution in [0.25, 0.3) is 0 Å². The minimum absolute atomic E-state index is 0.208. The molecular formula is C18H31NO4. The Balaban J connectivity index is 2.69. The number of esters is 1. The lowest BCUT2D eigenvalue weighted by atomic mass is 9.98. The molecule has 23 heavy (non-hydrogen) atoms. The number of alkyl carbamates (subject to hydrolysis) is 1. The standard InChI is InChI=1S/C18H31NO4/c1-17(2,3)22-15(20)12-11-14(13-9-7-8-10-13)19-16(21)23-18(4,5)6/h11-14H,7-10H2,1-6H3,(H,19,21)/b12-11-. The van der Waals surface area contributed by atoms with Crippen molar-refractivity contribution in [2.24, 2.45) is 5.92 Å². The van der Waals surface area contributed by atoms with Gasteiger partial charge in [-0.25, -0.2) is 9.59 Å². The van der Waals surface area contributed by atoms with E-state index in [9.17, 15) is 9.59 Å². The summed E-state index contributed by atoms with van der Waals surface area (Å²) < 4.78 is 10.6. The van der Waals surface area contributed by atoms with E-state index < -0.39 is 23.3 Å². The van der Waals surface area contributed by atoms with Crippen LogP contribution in [0.15, 0.2) is 12.2 Å². The highest BCUT2D eigenvalue weighted by atomic mass is 16.6. The third kappa shape index (κ3) is 8.62. The normalized spacial score (nSPS) is 18.0. The van der Waals surface area contributed by atoms with Crippen molar-refractivity contribution >= 4 is 12.1 Å². The van der Waals surface area contributed by atoms with Gasteiger partial charge in [0.1, 0.15) is 11.2 Å². The Bertz CT molecular complexity index is 437. The molecule has 0 bridgehead atoms. The van der Waals surface area contributed by atoms with Gasteiger partial charge in [-0.15, -0.1) is 0 Å². The molecule has 1 rings (SSSR count). The van der Waals surface area contributed by atoms with Gasteiger partial charge in [0, 0.05) is 6.08 Å². The van der Waals surface area contributed by atoms with Crippen LogP contribution in [0.4, 0.5) is 4.79 Å². The smallest absolute Gasteiger partial charge is 0.408 e. The van der Waals surface area contributed by atoms with Crippen molar-refractivity contribution in [2.45, 2.75) is 84.5 Å². The summed E-state index contributed by atoms with van der Waals surface area (Å²) in [7, 11) is 0. The van der Waals surface area contributed by atoms with Crippen LogP contribution in [-0.4, -0.2) is 29.3 Å². The molecule has 1 unspecified atom stereocenters. The molecule has 5 heteroatoms. The number of ether oxygens (including phenoxy) is 2. The van der Waals surface area contributed by atoms with E-state index in [1.54, 1.807) is 6.08 Å². The zero-order valence-corrected chi connectivity index (χ0v) is 15.3. The van der Waals surface area contributed by atoms with Crippen LogP contribution < -0.4 is 5.32 Å². The van der Waals surface area contributed by atoms with Gasteiger partial charge >= 0.3 is 12.1 Å². The molecule has 1 fully saturated rings. The maximum atomic E-state index is 12.0. The Morgan fingerprint density at radius 3 is 2.00 bits per heavy atom. The molecule has 132 valence electrons. The number of nitrogens with one attached hydrogen (secondary N) is 1. The van der Waals surface area contributed by atoms with Crippen LogP contribution in [0.2, 0.25) is 0 Å². The van der Waals surface area contributed by atoms with Crippen LogP contribution in [0.1, 0.15) is 67.2 Å². The van der Waals surface area contributed by atoms with Crippen LogP contribution in [0.3, 0.4) is 0 Å². The van der Waals surface area contributed by atoms with Crippen molar-refractivity contribution in [3.8, 4) is 0 Å². The Morgan fingerprint density at radius 2 is 1.52 bits per heavy atom. The first-order chi connectivity index (χ1) is 10.5. The van der Waals surface area contributed by atoms with Crippen molar-refractivity contribution in [1.82, 2.24) is 5.32 Å². The largest absolute Gasteiger partial charge is 0.457 e. The van der Waals surface area contributed by atoms with Crippen molar-refractivity contribution in [3.63, 3.8) is 0 Å². The summed E-state index contributed by atoms with van der Waals surface area (Å²) in [6.45, 7) is 11.0. The first-order valence-electron chi connectivity index (χ1n) is 8.37. The third-order valence-corrected chi connectivity index (χ3v) is 3.44. The molecule has 0 spiro atoms. The molecule has 0 heterocycles. The van der Waals surface area contributed by atoms with Crippen LogP contribution in [-0.2, 0) is 14.3 Å². The van der Waals surface area contributed by atoms with Gasteiger partial charge in [-0.3, -0.25) is 0 Å². The van der Waals surface area contributed by atoms with Gasteiger partial charge in [0.05, 0.1) is 6.04 Å². The fraction of sp³-hybridized carbons (Fsp3) is 0.778. The minimum Gasteiger partial charge on any atom is -0.457 e. The minimum atomic E-state index is -0.542.